The molecule has 1 aromatic carbocycles. The molecule has 0 radical (unpaired) electrons. The standard InChI is InChI=1S/C14H17N5O2/c1-14(2,3)19(21)11-6-4-10(5-7-11)12(20)18-13-16-8-15-9-17-13/h4-9,21H,1-3H3,(H,15,16,17,18,20). The zero-order valence-electron chi connectivity index (χ0n) is 12.1. The third-order valence-corrected chi connectivity index (χ3v) is 2.73. The van der Waals surface area contributed by atoms with Crippen LogP contribution in [0.3, 0.4) is 0 Å². The number of amides is 1. The van der Waals surface area contributed by atoms with Gasteiger partial charge >= 0.3 is 0 Å². The highest BCUT2D eigenvalue weighted by atomic mass is 16.5. The summed E-state index contributed by atoms with van der Waals surface area (Å²) in [6, 6.07) is 6.60. The van der Waals surface area contributed by atoms with E-state index in [4.69, 9.17) is 0 Å². The minimum Gasteiger partial charge on any atom is -0.290 e. The average Bonchev–Trinajstić information content (AvgIpc) is 2.46. The summed E-state index contributed by atoms with van der Waals surface area (Å²) in [4.78, 5) is 23.3. The van der Waals surface area contributed by atoms with E-state index in [0.717, 1.165) is 5.06 Å². The Morgan fingerprint density at radius 3 is 2.24 bits per heavy atom. The van der Waals surface area contributed by atoms with Gasteiger partial charge in [-0.2, -0.15) is 0 Å². The van der Waals surface area contributed by atoms with Gasteiger partial charge in [-0.15, -0.1) is 0 Å². The maximum absolute atomic E-state index is 12.0. The first-order valence-corrected chi connectivity index (χ1v) is 6.40. The fourth-order valence-corrected chi connectivity index (χ4v) is 1.62. The molecule has 7 nitrogen and oxygen atoms in total. The first-order valence-electron chi connectivity index (χ1n) is 6.40. The Kier molecular flexibility index (Phi) is 4.13. The molecule has 0 saturated heterocycles. The molecule has 0 saturated carbocycles. The molecule has 0 fully saturated rings. The molecular weight excluding hydrogens is 270 g/mol. The number of hydroxylamine groups is 1. The molecule has 7 heteroatoms. The van der Waals surface area contributed by atoms with Crippen LogP contribution in [0.4, 0.5) is 11.6 Å². The molecule has 0 bridgehead atoms. The van der Waals surface area contributed by atoms with E-state index in [1.807, 2.05) is 20.8 Å². The zero-order chi connectivity index (χ0) is 15.5. The highest BCUT2D eigenvalue weighted by Gasteiger charge is 2.20. The second-order valence-electron chi connectivity index (χ2n) is 5.45. The lowest BCUT2D eigenvalue weighted by Gasteiger charge is -2.31. The van der Waals surface area contributed by atoms with Gasteiger partial charge in [0, 0.05) is 5.56 Å². The number of nitrogens with one attached hydrogen (secondary N) is 1. The van der Waals surface area contributed by atoms with Crippen molar-refractivity contribution in [2.24, 2.45) is 0 Å². The molecule has 1 aromatic heterocycles. The number of anilines is 2. The summed E-state index contributed by atoms with van der Waals surface area (Å²) in [5.41, 5.74) is 0.634. The van der Waals surface area contributed by atoms with Crippen molar-refractivity contribution in [1.82, 2.24) is 15.0 Å². The summed E-state index contributed by atoms with van der Waals surface area (Å²) in [7, 11) is 0. The number of hydrogen-bond acceptors (Lipinski definition) is 6. The van der Waals surface area contributed by atoms with Crippen molar-refractivity contribution in [2.45, 2.75) is 26.3 Å². The molecule has 1 amide bonds. The third-order valence-electron chi connectivity index (χ3n) is 2.73. The van der Waals surface area contributed by atoms with E-state index in [9.17, 15) is 10.0 Å². The summed E-state index contributed by atoms with van der Waals surface area (Å²) in [6.07, 6.45) is 2.61. The number of hydrogen-bond donors (Lipinski definition) is 2. The second kappa shape index (κ2) is 5.84. The second-order valence-corrected chi connectivity index (χ2v) is 5.45. The van der Waals surface area contributed by atoms with E-state index in [2.05, 4.69) is 20.3 Å². The van der Waals surface area contributed by atoms with Crippen LogP contribution in [0.25, 0.3) is 0 Å². The van der Waals surface area contributed by atoms with Gasteiger partial charge in [0.1, 0.15) is 12.7 Å². The number of aromatic nitrogens is 3. The maximum atomic E-state index is 12.0. The molecule has 0 aliphatic carbocycles. The third kappa shape index (κ3) is 3.73. The normalized spacial score (nSPS) is 11.0. The van der Waals surface area contributed by atoms with E-state index >= 15 is 0 Å². The minimum atomic E-state index is -0.422. The van der Waals surface area contributed by atoms with E-state index < -0.39 is 5.54 Å². The fraction of sp³-hybridized carbons (Fsp3) is 0.286. The Bertz CT molecular complexity index is 608. The average molecular weight is 287 g/mol. The number of carbonyl (C=O) groups is 1. The number of carbonyl (C=O) groups excluding carboxylic acids is 1. The van der Waals surface area contributed by atoms with Gasteiger partial charge in [-0.25, -0.2) is 15.0 Å². The lowest BCUT2D eigenvalue weighted by atomic mass is 10.1. The van der Waals surface area contributed by atoms with Crippen molar-refractivity contribution in [3.8, 4) is 0 Å². The summed E-state index contributed by atoms with van der Waals surface area (Å²) in [5.74, 6) is -0.134. The molecule has 21 heavy (non-hydrogen) atoms. The van der Waals surface area contributed by atoms with Crippen LogP contribution in [0.2, 0.25) is 0 Å². The highest BCUT2D eigenvalue weighted by molar-refractivity contribution is 6.03. The van der Waals surface area contributed by atoms with Gasteiger partial charge in [-0.1, -0.05) is 0 Å². The predicted molar refractivity (Wildman–Crippen MR) is 78.2 cm³/mol. The molecule has 0 atom stereocenters. The first-order chi connectivity index (χ1) is 9.88. The smallest absolute Gasteiger partial charge is 0.258 e. The van der Waals surface area contributed by atoms with Gasteiger partial charge in [-0.3, -0.25) is 20.4 Å². The van der Waals surface area contributed by atoms with Crippen molar-refractivity contribution in [1.29, 1.82) is 0 Å². The monoisotopic (exact) mass is 287 g/mol. The lowest BCUT2D eigenvalue weighted by molar-refractivity contribution is 0.102. The topological polar surface area (TPSA) is 91.2 Å². The zero-order valence-corrected chi connectivity index (χ0v) is 12.1. The van der Waals surface area contributed by atoms with Crippen molar-refractivity contribution < 1.29 is 10.0 Å². The summed E-state index contributed by atoms with van der Waals surface area (Å²) in [5, 5.41) is 13.7. The Morgan fingerprint density at radius 1 is 1.14 bits per heavy atom. The van der Waals surface area contributed by atoms with E-state index in [1.165, 1.54) is 12.7 Å². The van der Waals surface area contributed by atoms with Gasteiger partial charge in [-0.05, 0) is 45.0 Å². The van der Waals surface area contributed by atoms with Gasteiger partial charge in [0.2, 0.25) is 5.95 Å². The molecule has 2 rings (SSSR count). The van der Waals surface area contributed by atoms with Crippen LogP contribution in [0, 0.1) is 0 Å². The SMILES string of the molecule is CC(C)(C)N(O)c1ccc(C(=O)Nc2ncncn2)cc1. The van der Waals surface area contributed by atoms with Crippen LogP contribution in [0.1, 0.15) is 31.1 Å². The Morgan fingerprint density at radius 2 is 1.71 bits per heavy atom. The highest BCUT2D eigenvalue weighted by Crippen LogP contribution is 2.21. The Labute approximate surface area is 122 Å². The van der Waals surface area contributed by atoms with Gasteiger partial charge in [0.05, 0.1) is 11.2 Å². The molecule has 0 spiro atoms. The lowest BCUT2D eigenvalue weighted by Crippen LogP contribution is -2.38. The first kappa shape index (κ1) is 14.9. The Hall–Kier alpha value is -2.54. The van der Waals surface area contributed by atoms with E-state index in [-0.39, 0.29) is 11.9 Å². The van der Waals surface area contributed by atoms with Crippen LogP contribution < -0.4 is 10.4 Å². The quantitative estimate of drug-likeness (QED) is 0.840. The van der Waals surface area contributed by atoms with Gasteiger partial charge in [0.25, 0.3) is 5.91 Å². The molecular formula is C14H17N5O2. The van der Waals surface area contributed by atoms with Crippen molar-refractivity contribution in [3.63, 3.8) is 0 Å². The predicted octanol–water partition coefficient (Wildman–Crippen LogP) is 2.12. The van der Waals surface area contributed by atoms with E-state index in [0.29, 0.717) is 11.3 Å². The summed E-state index contributed by atoms with van der Waals surface area (Å²) < 4.78 is 0. The number of rotatable bonds is 3. The van der Waals surface area contributed by atoms with Gasteiger partial charge < -0.3 is 0 Å². The van der Waals surface area contributed by atoms with Crippen LogP contribution >= 0.6 is 0 Å². The fourth-order valence-electron chi connectivity index (χ4n) is 1.62. The molecule has 1 heterocycles. The van der Waals surface area contributed by atoms with Crippen LogP contribution in [0.5, 0.6) is 0 Å². The number of nitrogens with zero attached hydrogens (tertiary/aromatic N) is 4. The minimum absolute atomic E-state index is 0.192. The number of benzene rings is 1. The largest absolute Gasteiger partial charge is 0.290 e. The van der Waals surface area contributed by atoms with Crippen LogP contribution in [-0.2, 0) is 0 Å². The Balaban J connectivity index is 2.10. The summed E-state index contributed by atoms with van der Waals surface area (Å²) >= 11 is 0. The van der Waals surface area contributed by atoms with Crippen LogP contribution in [0.15, 0.2) is 36.9 Å². The van der Waals surface area contributed by atoms with E-state index in [1.54, 1.807) is 24.3 Å². The molecule has 110 valence electrons. The molecule has 2 N–H and O–H groups in total. The van der Waals surface area contributed by atoms with Crippen molar-refractivity contribution in [2.75, 3.05) is 10.4 Å². The maximum Gasteiger partial charge on any atom is 0.258 e. The van der Waals surface area contributed by atoms with Crippen molar-refractivity contribution >= 4 is 17.5 Å². The molecule has 2 aromatic rings. The van der Waals surface area contributed by atoms with Crippen LogP contribution in [-0.4, -0.2) is 31.6 Å². The summed E-state index contributed by atoms with van der Waals surface area (Å²) in [6.45, 7) is 5.65. The van der Waals surface area contributed by atoms with Crippen molar-refractivity contribution in [3.05, 3.63) is 42.5 Å². The molecule has 0 aliphatic rings. The van der Waals surface area contributed by atoms with Gasteiger partial charge in [0.15, 0.2) is 0 Å². The molecule has 0 unspecified atom stereocenters. The molecule has 0 aliphatic heterocycles.